The van der Waals surface area contributed by atoms with Crippen molar-refractivity contribution in [2.45, 2.75) is 10.8 Å². The van der Waals surface area contributed by atoms with Gasteiger partial charge in [0.15, 0.2) is 5.75 Å². The Hall–Kier alpha value is -2.62. The maximum absolute atomic E-state index is 13.0. The Morgan fingerprint density at radius 1 is 1.13 bits per heavy atom. The van der Waals surface area contributed by atoms with Gasteiger partial charge in [-0.2, -0.15) is 0 Å². The zero-order chi connectivity index (χ0) is 20.5. The van der Waals surface area contributed by atoms with Crippen LogP contribution in [0.4, 0.5) is 0 Å². The number of nitrogens with zero attached hydrogens (tertiary/aromatic N) is 4. The molecule has 0 unspecified atom stereocenters. The van der Waals surface area contributed by atoms with Crippen LogP contribution < -0.4 is 9.47 Å². The van der Waals surface area contributed by atoms with Crippen molar-refractivity contribution in [1.29, 1.82) is 0 Å². The summed E-state index contributed by atoms with van der Waals surface area (Å²) in [5, 5.41) is 9.77. The number of aliphatic hydroxyl groups is 1. The van der Waals surface area contributed by atoms with Gasteiger partial charge in [0.2, 0.25) is 5.91 Å². The predicted molar refractivity (Wildman–Crippen MR) is 110 cm³/mol. The van der Waals surface area contributed by atoms with E-state index < -0.39 is 5.92 Å². The second-order valence-electron chi connectivity index (χ2n) is 7.45. The van der Waals surface area contributed by atoms with Crippen LogP contribution in [0.25, 0.3) is 0 Å². The molecule has 156 valence electrons. The van der Waals surface area contributed by atoms with Crippen LogP contribution in [0.3, 0.4) is 0 Å². The molecule has 0 radical (unpaired) electrons. The van der Waals surface area contributed by atoms with E-state index in [0.717, 1.165) is 18.0 Å². The van der Waals surface area contributed by atoms with Crippen LogP contribution in [0.5, 0.6) is 11.6 Å². The number of pyridine rings is 2. The molecular weight excluding hydrogens is 404 g/mol. The Morgan fingerprint density at radius 3 is 2.67 bits per heavy atom. The zero-order valence-electron chi connectivity index (χ0n) is 16.4. The first-order chi connectivity index (χ1) is 14.7. The number of rotatable bonds is 5. The topological polar surface area (TPSA) is 88.0 Å². The van der Waals surface area contributed by atoms with Gasteiger partial charge in [-0.1, -0.05) is 6.07 Å². The maximum atomic E-state index is 13.0. The number of amides is 1. The van der Waals surface area contributed by atoms with E-state index in [1.165, 1.54) is 11.1 Å². The highest BCUT2D eigenvalue weighted by Crippen LogP contribution is 2.37. The van der Waals surface area contributed by atoms with Gasteiger partial charge in [-0.25, -0.2) is 9.29 Å². The van der Waals surface area contributed by atoms with Gasteiger partial charge < -0.3 is 19.5 Å². The molecule has 9 heteroatoms. The predicted octanol–water partition coefficient (Wildman–Crippen LogP) is 1.49. The summed E-state index contributed by atoms with van der Waals surface area (Å²) < 4.78 is 13.4. The lowest BCUT2D eigenvalue weighted by molar-refractivity contribution is -0.132. The third-order valence-electron chi connectivity index (χ3n) is 5.44. The van der Waals surface area contributed by atoms with E-state index in [2.05, 4.69) is 14.3 Å². The minimum Gasteiger partial charge on any atom is -0.484 e. The first kappa shape index (κ1) is 19.3. The highest BCUT2D eigenvalue weighted by molar-refractivity contribution is 7.97. The summed E-state index contributed by atoms with van der Waals surface area (Å²) in [6.45, 7) is 3.64. The molecule has 0 aliphatic carbocycles. The Labute approximate surface area is 178 Å². The number of hydrogen-bond donors (Lipinski definition) is 1. The quantitative estimate of drug-likeness (QED) is 0.568. The first-order valence-corrected chi connectivity index (χ1v) is 10.7. The summed E-state index contributed by atoms with van der Waals surface area (Å²) in [4.78, 5) is 24.4. The molecule has 0 saturated heterocycles. The lowest BCUT2D eigenvalue weighted by Gasteiger charge is -2.25. The number of carbonyl (C=O) groups is 1. The molecule has 2 aromatic rings. The fourth-order valence-electron chi connectivity index (χ4n) is 3.98. The largest absolute Gasteiger partial charge is 0.484 e. The first-order valence-electron chi connectivity index (χ1n) is 9.90. The highest BCUT2D eigenvalue weighted by atomic mass is 32.2. The number of aliphatic hydroxyl groups excluding tert-OH is 1. The smallest absolute Gasteiger partial charge is 0.257 e. The Bertz CT molecular complexity index is 966. The number of aromatic nitrogens is 2. The molecule has 5 heterocycles. The van der Waals surface area contributed by atoms with Crippen LogP contribution in [0.1, 0.15) is 11.6 Å². The van der Waals surface area contributed by atoms with Crippen LogP contribution in [0, 0.1) is 0 Å². The van der Waals surface area contributed by atoms with Gasteiger partial charge in [-0.3, -0.25) is 9.78 Å². The van der Waals surface area contributed by atoms with Gasteiger partial charge in [0.05, 0.1) is 12.3 Å². The van der Waals surface area contributed by atoms with Crippen molar-refractivity contribution in [1.82, 2.24) is 19.2 Å². The fraction of sp³-hybridized carbons (Fsp3) is 0.381. The lowest BCUT2D eigenvalue weighted by Crippen LogP contribution is -2.37. The molecule has 1 N–H and O–H groups in total. The van der Waals surface area contributed by atoms with Crippen molar-refractivity contribution in [3.63, 3.8) is 0 Å². The van der Waals surface area contributed by atoms with Crippen LogP contribution >= 0.6 is 11.9 Å². The standard InChI is InChI=1S/C21H22N4O4S/c26-13-17(18-3-1-2-4-22-18)21(27)24-9-14-11-25(12-15(14)10-24)30-16-7-19-20(23-8-16)29-6-5-28-19/h1-4,7-8,17,26H,5-6,9-13H2/t17-/m0/s1. The molecule has 8 nitrogen and oxygen atoms in total. The van der Waals surface area contributed by atoms with E-state index in [4.69, 9.17) is 9.47 Å². The molecule has 1 amide bonds. The van der Waals surface area contributed by atoms with Crippen LogP contribution in [-0.2, 0) is 4.79 Å². The van der Waals surface area contributed by atoms with Gasteiger partial charge in [-0.05, 0) is 35.2 Å². The number of carbonyl (C=O) groups excluding carboxylic acids is 1. The second kappa shape index (κ2) is 8.25. The summed E-state index contributed by atoms with van der Waals surface area (Å²) in [5.74, 6) is 0.557. The zero-order valence-corrected chi connectivity index (χ0v) is 17.2. The average Bonchev–Trinajstić information content (AvgIpc) is 3.33. The maximum Gasteiger partial charge on any atom is 0.257 e. The van der Waals surface area contributed by atoms with Gasteiger partial charge >= 0.3 is 0 Å². The van der Waals surface area contributed by atoms with Crippen molar-refractivity contribution >= 4 is 17.9 Å². The molecule has 0 spiro atoms. The van der Waals surface area contributed by atoms with Crippen LogP contribution in [-0.4, -0.2) is 76.2 Å². The van der Waals surface area contributed by atoms with E-state index in [0.29, 0.717) is 43.6 Å². The number of ether oxygens (including phenoxy) is 2. The van der Waals surface area contributed by atoms with Crippen LogP contribution in [0.2, 0.25) is 0 Å². The minimum atomic E-state index is -0.611. The number of hydrogen-bond acceptors (Lipinski definition) is 8. The summed E-state index contributed by atoms with van der Waals surface area (Å²) in [6.07, 6.45) is 3.45. The van der Waals surface area contributed by atoms with Crippen LogP contribution in [0.15, 0.2) is 52.7 Å². The molecule has 0 bridgehead atoms. The highest BCUT2D eigenvalue weighted by Gasteiger charge is 2.35. The van der Waals surface area contributed by atoms with Crippen molar-refractivity contribution in [3.8, 4) is 11.6 Å². The van der Waals surface area contributed by atoms with Crippen molar-refractivity contribution in [2.24, 2.45) is 0 Å². The van der Waals surface area contributed by atoms with Crippen molar-refractivity contribution < 1.29 is 19.4 Å². The van der Waals surface area contributed by atoms with Gasteiger partial charge in [-0.15, -0.1) is 0 Å². The van der Waals surface area contributed by atoms with Crippen molar-refractivity contribution in [3.05, 3.63) is 53.5 Å². The third-order valence-corrected chi connectivity index (χ3v) is 6.39. The van der Waals surface area contributed by atoms with Gasteiger partial charge in [0.25, 0.3) is 5.88 Å². The summed E-state index contributed by atoms with van der Waals surface area (Å²) in [7, 11) is 0. The Kier molecular flexibility index (Phi) is 5.32. The average molecular weight is 426 g/mol. The van der Waals surface area contributed by atoms with E-state index >= 15 is 0 Å². The summed E-state index contributed by atoms with van der Waals surface area (Å²) in [6, 6.07) is 7.39. The molecule has 0 saturated carbocycles. The summed E-state index contributed by atoms with van der Waals surface area (Å²) in [5.41, 5.74) is 3.17. The number of fused-ring (bicyclic) bond motifs is 1. The molecule has 3 aliphatic heterocycles. The fourth-order valence-corrected chi connectivity index (χ4v) is 4.98. The van der Waals surface area contributed by atoms with E-state index in [9.17, 15) is 9.90 Å². The molecule has 5 rings (SSSR count). The molecule has 0 aromatic carbocycles. The molecule has 0 fully saturated rings. The van der Waals surface area contributed by atoms with E-state index in [1.54, 1.807) is 36.5 Å². The third kappa shape index (κ3) is 3.76. The Morgan fingerprint density at radius 2 is 1.93 bits per heavy atom. The SMILES string of the molecule is O=C([C@@H](CO)c1ccccn1)N1CC2=C(CN(Sc3cnc4c(c3)OCCO4)C2)C1. The molecule has 30 heavy (non-hydrogen) atoms. The van der Waals surface area contributed by atoms with Gasteiger partial charge in [0, 0.05) is 49.5 Å². The molecule has 3 aliphatic rings. The van der Waals surface area contributed by atoms with Crippen molar-refractivity contribution in [2.75, 3.05) is 46.0 Å². The lowest BCUT2D eigenvalue weighted by atomic mass is 10.0. The minimum absolute atomic E-state index is 0.0687. The normalized spacial score (nSPS) is 19.2. The molecule has 2 aromatic heterocycles. The monoisotopic (exact) mass is 426 g/mol. The summed E-state index contributed by atoms with van der Waals surface area (Å²) >= 11 is 1.64. The second-order valence-corrected chi connectivity index (χ2v) is 8.62. The van der Waals surface area contributed by atoms with E-state index in [1.807, 2.05) is 17.0 Å². The molecular formula is C21H22N4O4S. The Balaban J connectivity index is 1.19. The van der Waals surface area contributed by atoms with E-state index in [-0.39, 0.29) is 12.5 Å². The van der Waals surface area contributed by atoms with Gasteiger partial charge in [0.1, 0.15) is 19.1 Å². The molecule has 1 atom stereocenters.